The molecule has 0 radical (unpaired) electrons. The van der Waals surface area contributed by atoms with Crippen molar-refractivity contribution in [3.05, 3.63) is 46.1 Å². The fraction of sp³-hybridized carbons (Fsp3) is 0.214. The minimum absolute atomic E-state index is 0.257. The lowest BCUT2D eigenvalue weighted by Gasteiger charge is -2.09. The number of aryl methyl sites for hydroxylation is 1. The number of hydrogen-bond donors (Lipinski definition) is 2. The highest BCUT2D eigenvalue weighted by Crippen LogP contribution is 2.26. The first-order chi connectivity index (χ1) is 9.95. The first kappa shape index (κ1) is 14.3. The summed E-state index contributed by atoms with van der Waals surface area (Å²) in [6.45, 7) is 2.73. The van der Waals surface area contributed by atoms with Crippen LogP contribution >= 0.6 is 15.9 Å². The molecule has 0 fully saturated rings. The second-order valence-corrected chi connectivity index (χ2v) is 7.46. The summed E-state index contributed by atoms with van der Waals surface area (Å²) in [5, 5.41) is 3.21. The van der Waals surface area contributed by atoms with E-state index in [0.29, 0.717) is 5.82 Å². The number of benzene rings is 1. The maximum Gasteiger partial charge on any atom is 0.263 e. The van der Waals surface area contributed by atoms with E-state index in [2.05, 4.69) is 31.0 Å². The molecule has 2 aromatic rings. The first-order valence-corrected chi connectivity index (χ1v) is 8.75. The van der Waals surface area contributed by atoms with Gasteiger partial charge in [-0.3, -0.25) is 4.72 Å². The highest BCUT2D eigenvalue weighted by atomic mass is 79.9. The van der Waals surface area contributed by atoms with E-state index >= 15 is 0 Å². The third kappa shape index (κ3) is 2.89. The van der Waals surface area contributed by atoms with Gasteiger partial charge in [-0.2, -0.15) is 0 Å². The van der Waals surface area contributed by atoms with Crippen LogP contribution in [-0.4, -0.2) is 19.9 Å². The monoisotopic (exact) mass is 367 g/mol. The fourth-order valence-corrected chi connectivity index (χ4v) is 3.51. The molecular formula is C14H14BrN3O2S. The zero-order valence-corrected chi connectivity index (χ0v) is 13.8. The molecule has 1 aliphatic heterocycles. The molecule has 0 saturated carbocycles. The van der Waals surface area contributed by atoms with Crippen molar-refractivity contribution in [3.8, 4) is 0 Å². The molecule has 0 amide bonds. The number of pyridine rings is 1. The minimum atomic E-state index is -3.62. The second-order valence-electron chi connectivity index (χ2n) is 4.92. The van der Waals surface area contributed by atoms with Crippen molar-refractivity contribution in [2.75, 3.05) is 16.6 Å². The van der Waals surface area contributed by atoms with E-state index in [1.807, 2.05) is 6.92 Å². The van der Waals surface area contributed by atoms with Crippen LogP contribution in [0.3, 0.4) is 0 Å². The third-order valence-electron chi connectivity index (χ3n) is 3.38. The van der Waals surface area contributed by atoms with E-state index in [9.17, 15) is 8.42 Å². The third-order valence-corrected chi connectivity index (χ3v) is 5.57. The Balaban J connectivity index is 1.91. The quantitative estimate of drug-likeness (QED) is 0.874. The molecule has 1 aliphatic rings. The molecule has 0 spiro atoms. The molecule has 0 bridgehead atoms. The lowest BCUT2D eigenvalue weighted by molar-refractivity contribution is 0.601. The number of nitrogens with one attached hydrogen (secondary N) is 2. The van der Waals surface area contributed by atoms with Gasteiger partial charge < -0.3 is 5.32 Å². The summed E-state index contributed by atoms with van der Waals surface area (Å²) in [5.74, 6) is 0.314. The van der Waals surface area contributed by atoms with Gasteiger partial charge >= 0.3 is 0 Å². The van der Waals surface area contributed by atoms with Crippen LogP contribution in [0, 0.1) is 6.92 Å². The van der Waals surface area contributed by atoms with E-state index in [-0.39, 0.29) is 4.90 Å². The van der Waals surface area contributed by atoms with E-state index in [0.717, 1.165) is 34.3 Å². The predicted molar refractivity (Wildman–Crippen MR) is 86.1 cm³/mol. The Hall–Kier alpha value is -1.60. The van der Waals surface area contributed by atoms with Crippen molar-refractivity contribution in [1.82, 2.24) is 4.98 Å². The molecule has 21 heavy (non-hydrogen) atoms. The van der Waals surface area contributed by atoms with Crippen molar-refractivity contribution in [2.45, 2.75) is 18.2 Å². The Kier molecular flexibility index (Phi) is 3.62. The first-order valence-electron chi connectivity index (χ1n) is 6.47. The molecule has 110 valence electrons. The fourth-order valence-electron chi connectivity index (χ4n) is 2.24. The van der Waals surface area contributed by atoms with Gasteiger partial charge in [0.1, 0.15) is 5.82 Å². The lowest BCUT2D eigenvalue weighted by Crippen LogP contribution is -2.14. The molecule has 0 aliphatic carbocycles. The predicted octanol–water partition coefficient (Wildman–Crippen LogP) is 2.92. The molecule has 7 heteroatoms. The maximum absolute atomic E-state index is 12.4. The van der Waals surface area contributed by atoms with Crippen LogP contribution < -0.4 is 10.0 Å². The van der Waals surface area contributed by atoms with E-state index in [4.69, 9.17) is 0 Å². The molecule has 0 atom stereocenters. The van der Waals surface area contributed by atoms with Crippen molar-refractivity contribution in [2.24, 2.45) is 0 Å². The molecular weight excluding hydrogens is 354 g/mol. The summed E-state index contributed by atoms with van der Waals surface area (Å²) >= 11 is 3.34. The van der Waals surface area contributed by atoms with Gasteiger partial charge in [-0.15, -0.1) is 0 Å². The zero-order valence-electron chi connectivity index (χ0n) is 11.4. The van der Waals surface area contributed by atoms with Gasteiger partial charge in [0.2, 0.25) is 0 Å². The van der Waals surface area contributed by atoms with E-state index < -0.39 is 10.0 Å². The summed E-state index contributed by atoms with van der Waals surface area (Å²) in [6.07, 6.45) is 2.42. The minimum Gasteiger partial charge on any atom is -0.384 e. The van der Waals surface area contributed by atoms with Crippen molar-refractivity contribution < 1.29 is 8.42 Å². The average molecular weight is 368 g/mol. The van der Waals surface area contributed by atoms with Crippen LogP contribution in [0.25, 0.3) is 0 Å². The number of sulfonamides is 1. The number of nitrogens with zero attached hydrogens (tertiary/aromatic N) is 1. The highest BCUT2D eigenvalue weighted by Gasteiger charge is 2.19. The van der Waals surface area contributed by atoms with Crippen LogP contribution in [0.2, 0.25) is 0 Å². The number of aromatic nitrogens is 1. The summed E-state index contributed by atoms with van der Waals surface area (Å²) in [6, 6.07) is 6.81. The van der Waals surface area contributed by atoms with Gasteiger partial charge in [0.15, 0.2) is 0 Å². The van der Waals surface area contributed by atoms with Crippen molar-refractivity contribution >= 4 is 37.5 Å². The largest absolute Gasteiger partial charge is 0.384 e. The normalized spacial score (nSPS) is 13.6. The van der Waals surface area contributed by atoms with Crippen LogP contribution in [0.15, 0.2) is 39.8 Å². The summed E-state index contributed by atoms with van der Waals surface area (Å²) < 4.78 is 28.2. The molecule has 0 saturated heterocycles. The Labute approximate surface area is 132 Å². The summed E-state index contributed by atoms with van der Waals surface area (Å²) in [4.78, 5) is 4.33. The summed E-state index contributed by atoms with van der Waals surface area (Å²) in [7, 11) is -3.62. The zero-order chi connectivity index (χ0) is 15.0. The second kappa shape index (κ2) is 5.31. The number of halogens is 1. The van der Waals surface area contributed by atoms with Gasteiger partial charge in [0.05, 0.1) is 4.90 Å². The molecule has 5 nitrogen and oxygen atoms in total. The van der Waals surface area contributed by atoms with Crippen LogP contribution in [0.5, 0.6) is 0 Å². The Bertz CT molecular complexity index is 806. The Morgan fingerprint density at radius 2 is 2.14 bits per heavy atom. The Morgan fingerprint density at radius 1 is 1.33 bits per heavy atom. The van der Waals surface area contributed by atoms with Gasteiger partial charge in [0.25, 0.3) is 10.0 Å². The average Bonchev–Trinajstić information content (AvgIpc) is 2.90. The number of hydrogen-bond acceptors (Lipinski definition) is 4. The Morgan fingerprint density at radius 3 is 2.90 bits per heavy atom. The van der Waals surface area contributed by atoms with E-state index in [1.165, 1.54) is 0 Å². The molecule has 1 aromatic carbocycles. The number of anilines is 2. The summed E-state index contributed by atoms with van der Waals surface area (Å²) in [5.41, 5.74) is 2.95. The molecule has 1 aromatic heterocycles. The van der Waals surface area contributed by atoms with Crippen LogP contribution in [0.4, 0.5) is 11.5 Å². The molecule has 0 unspecified atom stereocenters. The van der Waals surface area contributed by atoms with Gasteiger partial charge in [0, 0.05) is 22.9 Å². The highest BCUT2D eigenvalue weighted by molar-refractivity contribution is 9.10. The van der Waals surface area contributed by atoms with Crippen LogP contribution in [0.1, 0.15) is 11.1 Å². The van der Waals surface area contributed by atoms with Crippen molar-refractivity contribution in [1.29, 1.82) is 0 Å². The lowest BCUT2D eigenvalue weighted by atomic mass is 10.2. The van der Waals surface area contributed by atoms with Gasteiger partial charge in [-0.25, -0.2) is 13.4 Å². The molecule has 2 N–H and O–H groups in total. The maximum atomic E-state index is 12.4. The number of rotatable bonds is 3. The molecule has 2 heterocycles. The smallest absolute Gasteiger partial charge is 0.263 e. The van der Waals surface area contributed by atoms with Crippen molar-refractivity contribution in [3.63, 3.8) is 0 Å². The van der Waals surface area contributed by atoms with E-state index in [1.54, 1.807) is 30.5 Å². The van der Waals surface area contributed by atoms with Gasteiger partial charge in [-0.1, -0.05) is 0 Å². The number of fused-ring (bicyclic) bond motifs is 1. The van der Waals surface area contributed by atoms with Gasteiger partial charge in [-0.05, 0) is 64.7 Å². The topological polar surface area (TPSA) is 71.1 Å². The van der Waals surface area contributed by atoms with Crippen LogP contribution in [-0.2, 0) is 16.4 Å². The molecule has 3 rings (SSSR count). The standard InChI is InChI=1S/C14H14BrN3O2S/c1-9-6-14(17-8-12(9)15)18-21(19,20)11-2-3-13-10(7-11)4-5-16-13/h2-3,6-8,16H,4-5H2,1H3,(H,17,18). The SMILES string of the molecule is Cc1cc(NS(=O)(=O)c2ccc3c(c2)CCN3)ncc1Br.